The average Bonchev–Trinajstić information content (AvgIpc) is 3.40. The van der Waals surface area contributed by atoms with Crippen molar-refractivity contribution in [1.29, 1.82) is 0 Å². The molecule has 0 aliphatic rings. The van der Waals surface area contributed by atoms with Crippen LogP contribution in [0.3, 0.4) is 0 Å². The van der Waals surface area contributed by atoms with Crippen LogP contribution < -0.4 is 0 Å². The van der Waals surface area contributed by atoms with Crippen molar-refractivity contribution in [3.05, 3.63) is 52.6 Å². The number of aliphatic hydroxyl groups excluding tert-OH is 4. The summed E-state index contributed by atoms with van der Waals surface area (Å²) in [6.07, 6.45) is 0.287. The van der Waals surface area contributed by atoms with E-state index in [1.54, 1.807) is 0 Å². The number of hydrogen-bond acceptors (Lipinski definition) is 26. The first-order valence-electron chi connectivity index (χ1n) is 23.3. The van der Waals surface area contributed by atoms with Gasteiger partial charge in [-0.2, -0.15) is 0 Å². The molecule has 26 nitrogen and oxygen atoms in total. The summed E-state index contributed by atoms with van der Waals surface area (Å²) >= 11 is 0. The van der Waals surface area contributed by atoms with Crippen LogP contribution >= 0.6 is 0 Å². The Hall–Kier alpha value is -2.08. The van der Waals surface area contributed by atoms with Gasteiger partial charge in [-0.3, -0.25) is 30.8 Å². The van der Waals surface area contributed by atoms with Crippen LogP contribution in [0.5, 0.6) is 0 Å². The Balaban J connectivity index is -0.0000000764. The minimum Gasteiger partial charge on any atom is -0.396 e. The van der Waals surface area contributed by atoms with Gasteiger partial charge in [0, 0.05) is 46.0 Å². The smallest absolute Gasteiger partial charge is 0.132 e. The highest BCUT2D eigenvalue weighted by Gasteiger charge is 2.27. The highest BCUT2D eigenvalue weighted by Crippen LogP contribution is 2.12. The fourth-order valence-corrected chi connectivity index (χ4v) is 5.26. The van der Waals surface area contributed by atoms with Gasteiger partial charge in [0.05, 0.1) is 111 Å². The highest BCUT2D eigenvalue weighted by molar-refractivity contribution is 4.76. The maximum absolute atomic E-state index is 9.26. The van der Waals surface area contributed by atoms with Gasteiger partial charge >= 0.3 is 0 Å². The third-order valence-corrected chi connectivity index (χ3v) is 8.11. The number of rotatable bonds is 54. The number of ether oxygens (including phenoxy) is 6. The zero-order valence-electron chi connectivity index (χ0n) is 42.3. The predicted octanol–water partition coefficient (Wildman–Crippen LogP) is 13.9. The fraction of sp³-hybridized carbons (Fsp3) is 0.873. The van der Waals surface area contributed by atoms with Crippen molar-refractivity contribution in [3.63, 3.8) is 0 Å². The number of aliphatic hydroxyl groups is 4. The standard InChI is InChI=1S/C37H78N2O24.4C2H4.18CH4/c40-7-1-4-11-58-61-32-37(63-60-13-6-3-9-42)28-39(27-36(62-59-12-5-2-8-41)31-49-16-15-48-14-10-43)33-38(25-34(52-19-23-56-46)29-50-17-21-54-44)26-35(53-20-24-57-47)30-51-18-22-55-45;4*1-2;;;;;;;;;;;;;;;;;;/h34-37,40-47H,1-33H2;4*1-2H2;18*1H4. The molecule has 8 N–H and O–H groups in total. The first-order valence-corrected chi connectivity index (χ1v) is 23.3. The summed E-state index contributed by atoms with van der Waals surface area (Å²) in [5, 5.41) is 72.4. The summed E-state index contributed by atoms with van der Waals surface area (Å²) in [6.45, 7) is 25.2. The van der Waals surface area contributed by atoms with Crippen LogP contribution in [0.25, 0.3) is 0 Å². The summed E-state index contributed by atoms with van der Waals surface area (Å²) in [7, 11) is 0. The zero-order valence-corrected chi connectivity index (χ0v) is 42.3. The molecule has 0 spiro atoms. The van der Waals surface area contributed by atoms with Gasteiger partial charge in [-0.1, -0.05) is 134 Å². The van der Waals surface area contributed by atoms with Gasteiger partial charge in [0.25, 0.3) is 0 Å². The van der Waals surface area contributed by atoms with Crippen LogP contribution in [-0.4, -0.2) is 254 Å². The summed E-state index contributed by atoms with van der Waals surface area (Å²) in [6, 6.07) is 0. The summed E-state index contributed by atoms with van der Waals surface area (Å²) < 4.78 is 34.7. The third kappa shape index (κ3) is 124. The lowest BCUT2D eigenvalue weighted by atomic mass is 10.2. The largest absolute Gasteiger partial charge is 0.396 e. The Kier molecular flexibility index (Phi) is 259. The molecule has 0 heterocycles. The quantitative estimate of drug-likeness (QED) is 0.00922. The number of nitrogens with zero attached hydrogens (tertiary/aromatic N) is 2. The van der Waals surface area contributed by atoms with Crippen LogP contribution in [0.1, 0.15) is 172 Å². The molecule has 0 fully saturated rings. The van der Waals surface area contributed by atoms with Crippen molar-refractivity contribution >= 4 is 0 Å². The van der Waals surface area contributed by atoms with E-state index < -0.39 is 24.4 Å². The second-order valence-electron chi connectivity index (χ2n) is 13.6. The van der Waals surface area contributed by atoms with Crippen LogP contribution in [0.2, 0.25) is 0 Å². The Morgan fingerprint density at radius 3 is 0.843 bits per heavy atom. The molecule has 0 aliphatic heterocycles. The van der Waals surface area contributed by atoms with E-state index in [0.717, 1.165) is 0 Å². The van der Waals surface area contributed by atoms with Gasteiger partial charge in [-0.05, 0) is 38.5 Å². The molecule has 0 saturated heterocycles. The third-order valence-electron chi connectivity index (χ3n) is 8.11. The van der Waals surface area contributed by atoms with Crippen molar-refractivity contribution < 1.29 is 119 Å². The van der Waals surface area contributed by atoms with Crippen LogP contribution in [0, 0.1) is 0 Å². The SMILES string of the molecule is C.C.C.C.C.C.C.C.C.C.C.C.C.C.C.C.C.C.C=C.C=C.C=C.C=C.OCCCCOOCC(CN(CC(COCCOCCO)OOCCCCO)CN(CC(COCCOO)OCCOO)CC(COCCOO)OCCOO)OOCCCCO. The minimum absolute atomic E-state index is 0. The van der Waals surface area contributed by atoms with Crippen LogP contribution in [0.4, 0.5) is 0 Å². The maximum atomic E-state index is 9.26. The van der Waals surface area contributed by atoms with E-state index in [4.69, 9.17) is 89.0 Å². The molecule has 0 aromatic heterocycles. The minimum atomic E-state index is -0.788. The Labute approximate surface area is 554 Å². The molecule has 0 bridgehead atoms. The van der Waals surface area contributed by atoms with Gasteiger partial charge in [-0.25, -0.2) is 48.9 Å². The Morgan fingerprint density at radius 2 is 0.528 bits per heavy atom. The first-order chi connectivity index (χ1) is 35.0. The first kappa shape index (κ1) is 157. The lowest BCUT2D eigenvalue weighted by Crippen LogP contribution is -2.52. The van der Waals surface area contributed by atoms with Gasteiger partial charge in [0.15, 0.2) is 0 Å². The molecule has 0 rings (SSSR count). The van der Waals surface area contributed by atoms with E-state index in [1.165, 1.54) is 0 Å². The van der Waals surface area contributed by atoms with Crippen molar-refractivity contribution in [1.82, 2.24) is 9.80 Å². The molecule has 572 valence electrons. The normalized spacial score (nSPS) is 10.1. The van der Waals surface area contributed by atoms with E-state index in [0.29, 0.717) is 38.5 Å². The molecule has 4 unspecified atom stereocenters. The number of hydrogen-bond donors (Lipinski definition) is 8. The van der Waals surface area contributed by atoms with Crippen molar-refractivity contribution in [3.8, 4) is 0 Å². The predicted molar refractivity (Wildman–Crippen MR) is 381 cm³/mol. The summed E-state index contributed by atoms with van der Waals surface area (Å²) in [4.78, 5) is 54.3. The Bertz CT molecular complexity index is 889. The van der Waals surface area contributed by atoms with E-state index in [9.17, 15) is 10.2 Å². The molecule has 0 aromatic carbocycles. The molecule has 0 aromatic rings. The van der Waals surface area contributed by atoms with Crippen molar-refractivity contribution in [2.45, 2.75) is 197 Å². The molecular weight excluding hydrogens is 1170 g/mol. The molecular formula is C63H166N2O24. The van der Waals surface area contributed by atoms with Gasteiger partial charge in [0.1, 0.15) is 45.2 Å². The molecule has 89 heavy (non-hydrogen) atoms. The van der Waals surface area contributed by atoms with Gasteiger partial charge in [-0.15, -0.1) is 52.6 Å². The summed E-state index contributed by atoms with van der Waals surface area (Å²) in [5.74, 6) is 0. The molecule has 0 saturated carbocycles. The van der Waals surface area contributed by atoms with Crippen LogP contribution in [0.15, 0.2) is 52.6 Å². The van der Waals surface area contributed by atoms with E-state index in [2.05, 4.69) is 72.2 Å². The van der Waals surface area contributed by atoms with E-state index in [1.807, 2.05) is 9.80 Å². The maximum Gasteiger partial charge on any atom is 0.132 e. The average molecular weight is 1340 g/mol. The van der Waals surface area contributed by atoms with Gasteiger partial charge < -0.3 is 48.8 Å². The topological polar surface area (TPSA) is 316 Å². The Morgan fingerprint density at radius 1 is 0.258 bits per heavy atom. The van der Waals surface area contributed by atoms with Crippen LogP contribution in [-0.2, 0) is 77.3 Å². The van der Waals surface area contributed by atoms with E-state index >= 15 is 0 Å². The zero-order chi connectivity index (χ0) is 54.1. The van der Waals surface area contributed by atoms with E-state index in [-0.39, 0.29) is 312 Å². The monoisotopic (exact) mass is 1340 g/mol. The fourth-order valence-electron chi connectivity index (χ4n) is 5.26. The molecule has 0 radical (unpaired) electrons. The van der Waals surface area contributed by atoms with Gasteiger partial charge in [0.2, 0.25) is 0 Å². The number of unbranched alkanes of at least 4 members (excludes halogenated alkanes) is 3. The second-order valence-corrected chi connectivity index (χ2v) is 13.6. The van der Waals surface area contributed by atoms with Crippen molar-refractivity contribution in [2.24, 2.45) is 0 Å². The molecule has 4 atom stereocenters. The molecule has 0 aliphatic carbocycles. The lowest BCUT2D eigenvalue weighted by molar-refractivity contribution is -0.369. The highest BCUT2D eigenvalue weighted by atomic mass is 17.2. The lowest BCUT2D eigenvalue weighted by Gasteiger charge is -2.37. The summed E-state index contributed by atoms with van der Waals surface area (Å²) in [5.41, 5.74) is 0. The second kappa shape index (κ2) is 147. The molecule has 0 amide bonds. The molecule has 26 heteroatoms. The van der Waals surface area contributed by atoms with Crippen molar-refractivity contribution in [2.75, 3.05) is 178 Å².